The molecule has 4 nitrogen and oxygen atoms in total. The number of nitrogens with zero attached hydrogens (tertiary/aromatic N) is 1. The van der Waals surface area contributed by atoms with Crippen LogP contribution in [0.3, 0.4) is 0 Å². The number of non-ortho nitro benzene ring substituents is 1. The van der Waals surface area contributed by atoms with Crippen molar-refractivity contribution in [2.24, 2.45) is 0 Å². The number of hydrogen-bond acceptors (Lipinski definition) is 3. The van der Waals surface area contributed by atoms with Crippen molar-refractivity contribution >= 4 is 11.5 Å². The van der Waals surface area contributed by atoms with E-state index in [-0.39, 0.29) is 21.8 Å². The second kappa shape index (κ2) is 7.63. The van der Waals surface area contributed by atoms with Gasteiger partial charge < -0.3 is 0 Å². The zero-order valence-corrected chi connectivity index (χ0v) is 16.4. The Labute approximate surface area is 160 Å². The topological polar surface area (TPSA) is 60.2 Å². The summed E-state index contributed by atoms with van der Waals surface area (Å²) < 4.78 is 0. The average molecular weight is 365 g/mol. The van der Waals surface area contributed by atoms with Gasteiger partial charge in [-0.25, -0.2) is 0 Å². The third-order valence-corrected chi connectivity index (χ3v) is 5.86. The molecular weight excluding hydrogens is 338 g/mol. The summed E-state index contributed by atoms with van der Waals surface area (Å²) in [6.45, 7) is 5.94. The van der Waals surface area contributed by atoms with Gasteiger partial charge in [-0.1, -0.05) is 57.7 Å². The highest BCUT2D eigenvalue weighted by Crippen LogP contribution is 2.56. The molecule has 0 unspecified atom stereocenters. The number of rotatable bonds is 8. The summed E-state index contributed by atoms with van der Waals surface area (Å²) >= 11 is 0. The van der Waals surface area contributed by atoms with E-state index in [4.69, 9.17) is 0 Å². The van der Waals surface area contributed by atoms with E-state index in [2.05, 4.69) is 19.9 Å². The van der Waals surface area contributed by atoms with Crippen LogP contribution in [0.4, 0.5) is 5.69 Å². The van der Waals surface area contributed by atoms with Gasteiger partial charge >= 0.3 is 0 Å². The summed E-state index contributed by atoms with van der Waals surface area (Å²) in [4.78, 5) is 23.6. The van der Waals surface area contributed by atoms with Crippen LogP contribution in [0.5, 0.6) is 0 Å². The molecule has 2 aromatic carbocycles. The first-order valence-corrected chi connectivity index (χ1v) is 9.90. The minimum Gasteiger partial charge on any atom is -0.295 e. The smallest absolute Gasteiger partial charge is 0.269 e. The molecule has 1 aliphatic rings. The van der Waals surface area contributed by atoms with Crippen molar-refractivity contribution in [2.75, 3.05) is 0 Å². The summed E-state index contributed by atoms with van der Waals surface area (Å²) in [6.07, 6.45) is 5.98. The molecule has 3 rings (SSSR count). The molecule has 27 heavy (non-hydrogen) atoms. The number of benzene rings is 2. The predicted molar refractivity (Wildman–Crippen MR) is 108 cm³/mol. The standard InChI is InChI=1S/C23H27NO3/c1-4-6-13-23(14-7-5-2)21-15-17(24(26)27)11-12-19(21)20-10-8-9-18(16(3)25)22(20)23/h8-12,15H,4-7,13-14H2,1-3H3. The fourth-order valence-electron chi connectivity index (χ4n) is 4.60. The average Bonchev–Trinajstić information content (AvgIpc) is 2.94. The van der Waals surface area contributed by atoms with E-state index >= 15 is 0 Å². The van der Waals surface area contributed by atoms with Gasteiger partial charge in [-0.2, -0.15) is 0 Å². The van der Waals surface area contributed by atoms with Crippen LogP contribution >= 0.6 is 0 Å². The molecule has 0 aromatic heterocycles. The van der Waals surface area contributed by atoms with Crippen LogP contribution < -0.4 is 0 Å². The van der Waals surface area contributed by atoms with Gasteiger partial charge in [-0.15, -0.1) is 0 Å². The number of carbonyl (C=O) groups excluding carboxylic acids is 1. The molecule has 0 radical (unpaired) electrons. The molecule has 142 valence electrons. The number of carbonyl (C=O) groups is 1. The molecule has 0 saturated carbocycles. The van der Waals surface area contributed by atoms with E-state index in [1.165, 1.54) is 0 Å². The molecule has 1 aliphatic carbocycles. The minimum atomic E-state index is -0.320. The molecule has 0 bridgehead atoms. The van der Waals surface area contributed by atoms with Crippen molar-refractivity contribution in [2.45, 2.75) is 64.7 Å². The molecule has 2 aromatic rings. The SMILES string of the molecule is CCCCC1(CCCC)c2cc([N+](=O)[O-])ccc2-c2cccc(C(C)=O)c21. The molecule has 0 amide bonds. The third-order valence-electron chi connectivity index (χ3n) is 5.86. The maximum absolute atomic E-state index is 12.5. The fraction of sp³-hybridized carbons (Fsp3) is 0.435. The van der Waals surface area contributed by atoms with E-state index in [9.17, 15) is 14.9 Å². The highest BCUT2D eigenvalue weighted by molar-refractivity contribution is 6.00. The highest BCUT2D eigenvalue weighted by Gasteiger charge is 2.44. The molecule has 0 spiro atoms. The number of Topliss-reactive ketones (excluding diaryl/α,β-unsaturated/α-hetero) is 1. The molecule has 0 atom stereocenters. The largest absolute Gasteiger partial charge is 0.295 e. The number of hydrogen-bond donors (Lipinski definition) is 0. The van der Waals surface area contributed by atoms with Crippen molar-refractivity contribution in [3.63, 3.8) is 0 Å². The second-order valence-corrected chi connectivity index (χ2v) is 7.56. The number of ketones is 1. The van der Waals surface area contributed by atoms with E-state index < -0.39 is 0 Å². The van der Waals surface area contributed by atoms with Crippen molar-refractivity contribution in [1.82, 2.24) is 0 Å². The monoisotopic (exact) mass is 365 g/mol. The van der Waals surface area contributed by atoms with Gasteiger partial charge in [0.05, 0.1) is 4.92 Å². The summed E-state index contributed by atoms with van der Waals surface area (Å²) in [5, 5.41) is 11.4. The normalized spacial score (nSPS) is 13.9. The summed E-state index contributed by atoms with van der Waals surface area (Å²) in [7, 11) is 0. The number of nitro benzene ring substituents is 1. The zero-order chi connectivity index (χ0) is 19.6. The summed E-state index contributed by atoms with van der Waals surface area (Å²) in [6, 6.07) is 11.1. The molecule has 0 saturated heterocycles. The number of fused-ring (bicyclic) bond motifs is 3. The second-order valence-electron chi connectivity index (χ2n) is 7.56. The quantitative estimate of drug-likeness (QED) is 0.307. The van der Waals surface area contributed by atoms with E-state index in [1.54, 1.807) is 19.1 Å². The Morgan fingerprint density at radius 1 is 1.04 bits per heavy atom. The minimum absolute atomic E-state index is 0.0616. The maximum atomic E-state index is 12.5. The summed E-state index contributed by atoms with van der Waals surface area (Å²) in [5.74, 6) is 0.0616. The van der Waals surface area contributed by atoms with Crippen molar-refractivity contribution < 1.29 is 9.72 Å². The van der Waals surface area contributed by atoms with Crippen LogP contribution in [0.1, 0.15) is 80.8 Å². The van der Waals surface area contributed by atoms with Crippen LogP contribution in [-0.2, 0) is 5.41 Å². The highest BCUT2D eigenvalue weighted by atomic mass is 16.6. The number of unbranched alkanes of at least 4 members (excludes halogenated alkanes) is 2. The Kier molecular flexibility index (Phi) is 5.45. The molecule has 0 fully saturated rings. The maximum Gasteiger partial charge on any atom is 0.269 e. The third kappa shape index (κ3) is 3.18. The predicted octanol–water partition coefficient (Wildman–Crippen LogP) is 6.44. The molecule has 0 heterocycles. The van der Waals surface area contributed by atoms with Gasteiger partial charge in [0.25, 0.3) is 5.69 Å². The van der Waals surface area contributed by atoms with Gasteiger partial charge in [-0.3, -0.25) is 14.9 Å². The Hall–Kier alpha value is -2.49. The lowest BCUT2D eigenvalue weighted by molar-refractivity contribution is -0.384. The van der Waals surface area contributed by atoms with Crippen LogP contribution in [-0.4, -0.2) is 10.7 Å². The van der Waals surface area contributed by atoms with E-state index in [0.717, 1.165) is 66.3 Å². The molecule has 0 aliphatic heterocycles. The van der Waals surface area contributed by atoms with Crippen LogP contribution in [0.15, 0.2) is 36.4 Å². The van der Waals surface area contributed by atoms with Gasteiger partial charge in [0.15, 0.2) is 5.78 Å². The molecule has 4 heteroatoms. The Bertz CT molecular complexity index is 877. The van der Waals surface area contributed by atoms with Gasteiger partial charge in [0.1, 0.15) is 0 Å². The molecular formula is C23H27NO3. The van der Waals surface area contributed by atoms with Crippen molar-refractivity contribution in [3.8, 4) is 11.1 Å². The van der Waals surface area contributed by atoms with Crippen molar-refractivity contribution in [1.29, 1.82) is 0 Å². The first-order valence-electron chi connectivity index (χ1n) is 9.90. The van der Waals surface area contributed by atoms with E-state index in [1.807, 2.05) is 18.2 Å². The van der Waals surface area contributed by atoms with E-state index in [0.29, 0.717) is 0 Å². The van der Waals surface area contributed by atoms with Gasteiger partial charge in [0.2, 0.25) is 0 Å². The van der Waals surface area contributed by atoms with Crippen LogP contribution in [0.25, 0.3) is 11.1 Å². The Balaban J connectivity index is 2.34. The van der Waals surface area contributed by atoms with Crippen LogP contribution in [0, 0.1) is 10.1 Å². The van der Waals surface area contributed by atoms with Crippen LogP contribution in [0.2, 0.25) is 0 Å². The number of nitro groups is 1. The zero-order valence-electron chi connectivity index (χ0n) is 16.4. The first-order chi connectivity index (χ1) is 13.0. The summed E-state index contributed by atoms with van der Waals surface area (Å²) in [5.41, 5.74) is 4.81. The van der Waals surface area contributed by atoms with Gasteiger partial charge in [0, 0.05) is 23.1 Å². The van der Waals surface area contributed by atoms with Crippen molar-refractivity contribution in [3.05, 3.63) is 63.2 Å². The Morgan fingerprint density at radius 2 is 1.70 bits per heavy atom. The lowest BCUT2D eigenvalue weighted by Crippen LogP contribution is -2.27. The fourth-order valence-corrected chi connectivity index (χ4v) is 4.60. The molecule has 0 N–H and O–H groups in total. The lowest BCUT2D eigenvalue weighted by atomic mass is 9.69. The first kappa shape index (κ1) is 19.3. The Morgan fingerprint density at radius 3 is 2.26 bits per heavy atom. The van der Waals surface area contributed by atoms with Gasteiger partial charge in [-0.05, 0) is 48.1 Å². The lowest BCUT2D eigenvalue weighted by Gasteiger charge is -2.33.